The van der Waals surface area contributed by atoms with E-state index in [0.29, 0.717) is 0 Å². The van der Waals surface area contributed by atoms with Crippen molar-refractivity contribution in [3.63, 3.8) is 0 Å². The molecule has 0 saturated heterocycles. The molecule has 0 bridgehead atoms. The molecule has 0 amide bonds. The molecular weight excluding hydrogens is 172 g/mol. The fraction of sp³-hybridized carbons (Fsp3) is 0.500. The van der Waals surface area contributed by atoms with E-state index in [1.54, 1.807) is 0 Å². The number of allylic oxidation sites excluding steroid dienone is 4. The normalized spacial score (nSPS) is 14.4. The standard InChI is InChI=1S/C12H20N2/c1-5-11(6-2)9-14-12(7-3)10(4)8-13/h5,8-9,13H,6-7H2,1-4H3/b11-5-,12-10-,13-8?,14-9+. The molecule has 0 aliphatic carbocycles. The first kappa shape index (κ1) is 12.8. The molecule has 2 heteroatoms. The molecule has 14 heavy (non-hydrogen) atoms. The van der Waals surface area contributed by atoms with Crippen LogP contribution in [0.15, 0.2) is 27.9 Å². The van der Waals surface area contributed by atoms with Crippen molar-refractivity contribution in [2.75, 3.05) is 0 Å². The van der Waals surface area contributed by atoms with Crippen molar-refractivity contribution >= 4 is 12.4 Å². The van der Waals surface area contributed by atoms with Crippen LogP contribution in [0, 0.1) is 5.41 Å². The molecule has 0 saturated carbocycles. The number of hydrogen-bond donors (Lipinski definition) is 1. The highest BCUT2D eigenvalue weighted by Crippen LogP contribution is 2.08. The van der Waals surface area contributed by atoms with Gasteiger partial charge in [-0.1, -0.05) is 19.9 Å². The fourth-order valence-electron chi connectivity index (χ4n) is 1.09. The van der Waals surface area contributed by atoms with Crippen LogP contribution in [0.3, 0.4) is 0 Å². The van der Waals surface area contributed by atoms with Crippen LogP contribution in [-0.4, -0.2) is 12.4 Å². The maximum absolute atomic E-state index is 7.15. The Morgan fingerprint density at radius 3 is 2.29 bits per heavy atom. The zero-order chi connectivity index (χ0) is 11.0. The van der Waals surface area contributed by atoms with Crippen molar-refractivity contribution in [2.24, 2.45) is 4.99 Å². The molecule has 0 aliphatic heterocycles. The second-order valence-electron chi connectivity index (χ2n) is 3.10. The predicted octanol–water partition coefficient (Wildman–Crippen LogP) is 3.75. The molecule has 0 unspecified atom stereocenters. The van der Waals surface area contributed by atoms with Crippen LogP contribution in [0.5, 0.6) is 0 Å². The van der Waals surface area contributed by atoms with E-state index < -0.39 is 0 Å². The lowest BCUT2D eigenvalue weighted by molar-refractivity contribution is 1.05. The summed E-state index contributed by atoms with van der Waals surface area (Å²) in [5, 5.41) is 7.15. The van der Waals surface area contributed by atoms with E-state index in [1.807, 2.05) is 20.1 Å². The van der Waals surface area contributed by atoms with Gasteiger partial charge >= 0.3 is 0 Å². The van der Waals surface area contributed by atoms with Gasteiger partial charge in [-0.25, -0.2) is 0 Å². The molecule has 0 spiro atoms. The fourth-order valence-corrected chi connectivity index (χ4v) is 1.09. The van der Waals surface area contributed by atoms with Crippen LogP contribution in [0.4, 0.5) is 0 Å². The van der Waals surface area contributed by atoms with Gasteiger partial charge in [0.25, 0.3) is 0 Å². The summed E-state index contributed by atoms with van der Waals surface area (Å²) in [4.78, 5) is 4.39. The van der Waals surface area contributed by atoms with Gasteiger partial charge < -0.3 is 5.41 Å². The Labute approximate surface area is 87.0 Å². The van der Waals surface area contributed by atoms with E-state index in [-0.39, 0.29) is 0 Å². The molecule has 0 rings (SSSR count). The lowest BCUT2D eigenvalue weighted by Crippen LogP contribution is -1.88. The average Bonchev–Trinajstić information content (AvgIpc) is 2.24. The molecule has 1 N–H and O–H groups in total. The number of hydrogen-bond acceptors (Lipinski definition) is 2. The van der Waals surface area contributed by atoms with Crippen molar-refractivity contribution in [3.8, 4) is 0 Å². The van der Waals surface area contributed by atoms with E-state index >= 15 is 0 Å². The zero-order valence-corrected chi connectivity index (χ0v) is 9.59. The first-order chi connectivity index (χ1) is 6.69. The molecule has 0 aromatic rings. The van der Waals surface area contributed by atoms with Crippen LogP contribution in [-0.2, 0) is 0 Å². The van der Waals surface area contributed by atoms with E-state index in [1.165, 1.54) is 11.8 Å². The topological polar surface area (TPSA) is 36.2 Å². The summed E-state index contributed by atoms with van der Waals surface area (Å²) in [6, 6.07) is 0. The van der Waals surface area contributed by atoms with Crippen molar-refractivity contribution in [2.45, 2.75) is 40.5 Å². The summed E-state index contributed by atoms with van der Waals surface area (Å²) < 4.78 is 0. The largest absolute Gasteiger partial charge is 0.308 e. The second-order valence-corrected chi connectivity index (χ2v) is 3.10. The number of nitrogens with one attached hydrogen (secondary N) is 1. The smallest absolute Gasteiger partial charge is 0.0445 e. The summed E-state index contributed by atoms with van der Waals surface area (Å²) in [6.07, 6.45) is 7.19. The third-order valence-electron chi connectivity index (χ3n) is 2.17. The van der Waals surface area contributed by atoms with Crippen LogP contribution in [0.2, 0.25) is 0 Å². The molecule has 0 heterocycles. The summed E-state index contributed by atoms with van der Waals surface area (Å²) in [6.45, 7) is 8.11. The quantitative estimate of drug-likeness (QED) is 0.644. The Kier molecular flexibility index (Phi) is 6.63. The SMILES string of the molecule is C\C=C(/C=N/C(CC)=C(/C)C=N)CC. The molecule has 0 radical (unpaired) electrons. The molecule has 0 aromatic heterocycles. The van der Waals surface area contributed by atoms with Crippen LogP contribution >= 0.6 is 0 Å². The van der Waals surface area contributed by atoms with Crippen molar-refractivity contribution in [1.82, 2.24) is 0 Å². The first-order valence-corrected chi connectivity index (χ1v) is 5.09. The minimum atomic E-state index is 0.873. The van der Waals surface area contributed by atoms with Gasteiger partial charge in [-0.3, -0.25) is 4.99 Å². The number of rotatable bonds is 5. The molecule has 0 aliphatic rings. The van der Waals surface area contributed by atoms with Crippen molar-refractivity contribution < 1.29 is 0 Å². The minimum Gasteiger partial charge on any atom is -0.308 e. The van der Waals surface area contributed by atoms with Crippen LogP contribution in [0.1, 0.15) is 40.5 Å². The second kappa shape index (κ2) is 7.25. The molecule has 78 valence electrons. The van der Waals surface area contributed by atoms with Gasteiger partial charge in [-0.2, -0.15) is 0 Å². The van der Waals surface area contributed by atoms with E-state index in [2.05, 4.69) is 24.9 Å². The lowest BCUT2D eigenvalue weighted by atomic mass is 10.2. The van der Waals surface area contributed by atoms with E-state index in [9.17, 15) is 0 Å². The van der Waals surface area contributed by atoms with Gasteiger partial charge in [0.2, 0.25) is 0 Å². The predicted molar refractivity (Wildman–Crippen MR) is 64.3 cm³/mol. The average molecular weight is 192 g/mol. The molecule has 2 nitrogen and oxygen atoms in total. The molecular formula is C12H20N2. The van der Waals surface area contributed by atoms with Gasteiger partial charge in [0.15, 0.2) is 0 Å². The highest BCUT2D eigenvalue weighted by atomic mass is 14.7. The van der Waals surface area contributed by atoms with Gasteiger partial charge in [0.1, 0.15) is 0 Å². The van der Waals surface area contributed by atoms with Crippen LogP contribution < -0.4 is 0 Å². The van der Waals surface area contributed by atoms with Gasteiger partial charge in [-0.15, -0.1) is 0 Å². The van der Waals surface area contributed by atoms with Gasteiger partial charge in [0, 0.05) is 18.1 Å². The Morgan fingerprint density at radius 2 is 1.93 bits per heavy atom. The van der Waals surface area contributed by atoms with E-state index in [0.717, 1.165) is 24.1 Å². The number of nitrogens with zero attached hydrogens (tertiary/aromatic N) is 1. The molecule has 0 aromatic carbocycles. The summed E-state index contributed by atoms with van der Waals surface area (Å²) >= 11 is 0. The highest BCUT2D eigenvalue weighted by molar-refractivity contribution is 5.81. The molecule has 0 atom stereocenters. The Bertz CT molecular complexity index is 270. The minimum absolute atomic E-state index is 0.873. The maximum atomic E-state index is 7.15. The monoisotopic (exact) mass is 192 g/mol. The molecule has 0 fully saturated rings. The lowest BCUT2D eigenvalue weighted by Gasteiger charge is -2.00. The van der Waals surface area contributed by atoms with E-state index in [4.69, 9.17) is 5.41 Å². The zero-order valence-electron chi connectivity index (χ0n) is 9.59. The number of aliphatic imine (C=N–C) groups is 1. The maximum Gasteiger partial charge on any atom is 0.0445 e. The summed E-state index contributed by atoms with van der Waals surface area (Å²) in [5.74, 6) is 0. The first-order valence-electron chi connectivity index (χ1n) is 5.09. The Morgan fingerprint density at radius 1 is 1.29 bits per heavy atom. The highest BCUT2D eigenvalue weighted by Gasteiger charge is 1.95. The third-order valence-corrected chi connectivity index (χ3v) is 2.17. The third kappa shape index (κ3) is 4.17. The summed E-state index contributed by atoms with van der Waals surface area (Å²) in [7, 11) is 0. The Balaban J connectivity index is 4.70. The van der Waals surface area contributed by atoms with Gasteiger partial charge in [0.05, 0.1) is 0 Å². The van der Waals surface area contributed by atoms with Crippen molar-refractivity contribution in [3.05, 3.63) is 22.9 Å². The van der Waals surface area contributed by atoms with Crippen molar-refractivity contribution in [1.29, 1.82) is 5.41 Å². The van der Waals surface area contributed by atoms with Crippen LogP contribution in [0.25, 0.3) is 0 Å². The summed E-state index contributed by atoms with van der Waals surface area (Å²) in [5.41, 5.74) is 3.16. The van der Waals surface area contributed by atoms with Gasteiger partial charge in [-0.05, 0) is 37.8 Å². The Hall–Kier alpha value is -1.18.